The summed E-state index contributed by atoms with van der Waals surface area (Å²) in [7, 11) is 3.27. The van der Waals surface area contributed by atoms with Crippen LogP contribution in [0.3, 0.4) is 0 Å². The Hall–Kier alpha value is -1.62. The first-order chi connectivity index (χ1) is 9.44. The number of hydrogen-bond donors (Lipinski definition) is 1. The molecule has 0 spiro atoms. The van der Waals surface area contributed by atoms with E-state index in [1.165, 1.54) is 19.2 Å². The fraction of sp³-hybridized carbons (Fsp3) is 0.533. The number of halogens is 1. The average Bonchev–Trinajstić information content (AvgIpc) is 3.22. The number of likely N-dealkylation sites (N-methyl/N-ethyl adjacent to an activating group) is 1. The number of ether oxygens (including phenoxy) is 1. The van der Waals surface area contributed by atoms with Crippen LogP contribution in [0.2, 0.25) is 0 Å². The molecular weight excluding hydrogens is 259 g/mol. The number of anilines is 1. The van der Waals surface area contributed by atoms with Crippen molar-refractivity contribution >= 4 is 11.7 Å². The average molecular weight is 280 g/mol. The summed E-state index contributed by atoms with van der Waals surface area (Å²) >= 11 is 0. The highest BCUT2D eigenvalue weighted by Crippen LogP contribution is 2.25. The first kappa shape index (κ1) is 14.8. The minimum Gasteiger partial charge on any atom is -0.468 e. The Labute approximate surface area is 118 Å². The molecule has 1 unspecified atom stereocenters. The lowest BCUT2D eigenvalue weighted by molar-refractivity contribution is -0.147. The zero-order valence-electron chi connectivity index (χ0n) is 12.1. The van der Waals surface area contributed by atoms with E-state index in [-0.39, 0.29) is 11.8 Å². The van der Waals surface area contributed by atoms with Crippen molar-refractivity contribution in [3.05, 3.63) is 30.1 Å². The molecule has 1 aliphatic rings. The molecule has 1 atom stereocenters. The lowest BCUT2D eigenvalue weighted by Crippen LogP contribution is -2.57. The molecule has 0 aliphatic heterocycles. The first-order valence-electron chi connectivity index (χ1n) is 6.77. The maximum Gasteiger partial charge on any atom is 0.327 e. The molecule has 0 radical (unpaired) electrons. The van der Waals surface area contributed by atoms with Crippen LogP contribution in [0.1, 0.15) is 19.8 Å². The lowest BCUT2D eigenvalue weighted by Gasteiger charge is -2.33. The predicted molar refractivity (Wildman–Crippen MR) is 76.2 cm³/mol. The number of rotatable bonds is 6. The molecular formula is C15H21FN2O2. The number of benzene rings is 1. The maximum absolute atomic E-state index is 12.9. The molecule has 1 saturated carbocycles. The van der Waals surface area contributed by atoms with Crippen molar-refractivity contribution in [2.45, 2.75) is 31.3 Å². The SMILES string of the molecule is COC(=O)C(C)(CN(C)c1ccc(F)cc1)NC1CC1. The highest BCUT2D eigenvalue weighted by Gasteiger charge is 2.40. The van der Waals surface area contributed by atoms with Gasteiger partial charge in [-0.15, -0.1) is 0 Å². The summed E-state index contributed by atoms with van der Waals surface area (Å²) in [5.41, 5.74) is 0.0955. The Morgan fingerprint density at radius 1 is 1.45 bits per heavy atom. The van der Waals surface area contributed by atoms with Crippen molar-refractivity contribution in [1.29, 1.82) is 0 Å². The monoisotopic (exact) mass is 280 g/mol. The van der Waals surface area contributed by atoms with Gasteiger partial charge in [-0.05, 0) is 44.0 Å². The Balaban J connectivity index is 2.09. The van der Waals surface area contributed by atoms with E-state index in [1.807, 2.05) is 18.9 Å². The smallest absolute Gasteiger partial charge is 0.327 e. The number of hydrogen-bond acceptors (Lipinski definition) is 4. The van der Waals surface area contributed by atoms with Crippen LogP contribution in [0.15, 0.2) is 24.3 Å². The highest BCUT2D eigenvalue weighted by atomic mass is 19.1. The quantitative estimate of drug-likeness (QED) is 0.809. The molecule has 0 aromatic heterocycles. The van der Waals surface area contributed by atoms with E-state index in [0.29, 0.717) is 12.6 Å². The molecule has 0 amide bonds. The third kappa shape index (κ3) is 3.48. The van der Waals surface area contributed by atoms with Crippen LogP contribution in [-0.2, 0) is 9.53 Å². The minimum absolute atomic E-state index is 0.269. The third-order valence-corrected chi connectivity index (χ3v) is 3.56. The fourth-order valence-electron chi connectivity index (χ4n) is 2.33. The van der Waals surface area contributed by atoms with E-state index in [0.717, 1.165) is 18.5 Å². The van der Waals surface area contributed by atoms with Crippen molar-refractivity contribution in [2.75, 3.05) is 25.6 Å². The van der Waals surface area contributed by atoms with Gasteiger partial charge in [0.05, 0.1) is 7.11 Å². The van der Waals surface area contributed by atoms with E-state index >= 15 is 0 Å². The zero-order valence-corrected chi connectivity index (χ0v) is 12.1. The Bertz CT molecular complexity index is 473. The van der Waals surface area contributed by atoms with Crippen LogP contribution < -0.4 is 10.2 Å². The van der Waals surface area contributed by atoms with Gasteiger partial charge < -0.3 is 9.64 Å². The van der Waals surface area contributed by atoms with E-state index in [9.17, 15) is 9.18 Å². The van der Waals surface area contributed by atoms with Crippen LogP contribution in [0, 0.1) is 5.82 Å². The summed E-state index contributed by atoms with van der Waals surface area (Å²) in [4.78, 5) is 14.0. The van der Waals surface area contributed by atoms with Crippen molar-refractivity contribution in [1.82, 2.24) is 5.32 Å². The van der Waals surface area contributed by atoms with Crippen LogP contribution in [0.25, 0.3) is 0 Å². The third-order valence-electron chi connectivity index (χ3n) is 3.56. The Morgan fingerprint density at radius 2 is 2.05 bits per heavy atom. The van der Waals surface area contributed by atoms with E-state index in [2.05, 4.69) is 5.32 Å². The molecule has 1 aromatic rings. The van der Waals surface area contributed by atoms with E-state index < -0.39 is 5.54 Å². The van der Waals surface area contributed by atoms with Crippen LogP contribution in [-0.4, -0.2) is 38.3 Å². The first-order valence-corrected chi connectivity index (χ1v) is 6.77. The predicted octanol–water partition coefficient (Wildman–Crippen LogP) is 1.95. The minimum atomic E-state index is -0.765. The molecule has 1 aromatic carbocycles. The Kier molecular flexibility index (Phi) is 4.28. The molecule has 110 valence electrons. The summed E-state index contributed by atoms with van der Waals surface area (Å²) in [5.74, 6) is -0.549. The maximum atomic E-state index is 12.9. The molecule has 0 bridgehead atoms. The second-order valence-electron chi connectivity index (χ2n) is 5.57. The second kappa shape index (κ2) is 5.79. The van der Waals surface area contributed by atoms with Gasteiger partial charge in [-0.3, -0.25) is 5.32 Å². The molecule has 5 heteroatoms. The van der Waals surface area contributed by atoms with Gasteiger partial charge in [-0.2, -0.15) is 0 Å². The van der Waals surface area contributed by atoms with Gasteiger partial charge in [0, 0.05) is 25.3 Å². The number of nitrogens with zero attached hydrogens (tertiary/aromatic N) is 1. The van der Waals surface area contributed by atoms with Crippen molar-refractivity contribution < 1.29 is 13.9 Å². The summed E-state index contributed by atoms with van der Waals surface area (Å²) in [5, 5.41) is 3.34. The molecule has 1 fully saturated rings. The van der Waals surface area contributed by atoms with E-state index in [1.54, 1.807) is 12.1 Å². The zero-order chi connectivity index (χ0) is 14.8. The molecule has 20 heavy (non-hydrogen) atoms. The van der Waals surface area contributed by atoms with Gasteiger partial charge in [-0.1, -0.05) is 0 Å². The van der Waals surface area contributed by atoms with Crippen LogP contribution in [0.4, 0.5) is 10.1 Å². The molecule has 0 saturated heterocycles. The molecule has 1 aliphatic carbocycles. The van der Waals surface area contributed by atoms with Crippen molar-refractivity contribution in [3.63, 3.8) is 0 Å². The van der Waals surface area contributed by atoms with Gasteiger partial charge in [-0.25, -0.2) is 9.18 Å². The normalized spacial score (nSPS) is 17.4. The van der Waals surface area contributed by atoms with Crippen molar-refractivity contribution in [3.8, 4) is 0 Å². The summed E-state index contributed by atoms with van der Waals surface area (Å²) in [6.45, 7) is 2.30. The van der Waals surface area contributed by atoms with Gasteiger partial charge in [0.2, 0.25) is 0 Å². The molecule has 1 N–H and O–H groups in total. The molecule has 4 nitrogen and oxygen atoms in total. The number of methoxy groups -OCH3 is 1. The summed E-state index contributed by atoms with van der Waals surface area (Å²) < 4.78 is 17.9. The van der Waals surface area contributed by atoms with Gasteiger partial charge in [0.15, 0.2) is 0 Å². The number of carbonyl (C=O) groups is 1. The largest absolute Gasteiger partial charge is 0.468 e. The summed E-state index contributed by atoms with van der Waals surface area (Å²) in [6, 6.07) is 6.61. The lowest BCUT2D eigenvalue weighted by atomic mass is 10.0. The van der Waals surface area contributed by atoms with Gasteiger partial charge >= 0.3 is 5.97 Å². The van der Waals surface area contributed by atoms with Crippen LogP contribution in [0.5, 0.6) is 0 Å². The number of esters is 1. The summed E-state index contributed by atoms with van der Waals surface area (Å²) in [6.07, 6.45) is 2.18. The fourth-order valence-corrected chi connectivity index (χ4v) is 2.33. The van der Waals surface area contributed by atoms with Crippen LogP contribution >= 0.6 is 0 Å². The number of nitrogens with one attached hydrogen (secondary N) is 1. The highest BCUT2D eigenvalue weighted by molar-refractivity contribution is 5.81. The topological polar surface area (TPSA) is 41.6 Å². The van der Waals surface area contributed by atoms with Crippen molar-refractivity contribution in [2.24, 2.45) is 0 Å². The second-order valence-corrected chi connectivity index (χ2v) is 5.57. The number of carbonyl (C=O) groups excluding carboxylic acids is 1. The standard InChI is InChI=1S/C15H21FN2O2/c1-15(14(19)20-3,17-12-6-7-12)10-18(2)13-8-4-11(16)5-9-13/h4-5,8-9,12,17H,6-7,10H2,1-3H3. The van der Waals surface area contributed by atoms with Gasteiger partial charge in [0.25, 0.3) is 0 Å². The Morgan fingerprint density at radius 3 is 2.55 bits per heavy atom. The van der Waals surface area contributed by atoms with E-state index in [4.69, 9.17) is 4.74 Å². The molecule has 0 heterocycles. The molecule has 2 rings (SSSR count). The van der Waals surface area contributed by atoms with Gasteiger partial charge in [0.1, 0.15) is 11.4 Å².